The van der Waals surface area contributed by atoms with Crippen LogP contribution in [0.3, 0.4) is 0 Å². The van der Waals surface area contributed by atoms with E-state index in [0.29, 0.717) is 5.52 Å². The number of nitrogens with zero attached hydrogens (tertiary/aromatic N) is 6. The summed E-state index contributed by atoms with van der Waals surface area (Å²) in [5, 5.41) is 47.0. The van der Waals surface area contributed by atoms with E-state index in [9.17, 15) is 43.1 Å². The van der Waals surface area contributed by atoms with Gasteiger partial charge in [-0.05, 0) is 70.1 Å². The number of carbonyl (C=O) groups is 1. The summed E-state index contributed by atoms with van der Waals surface area (Å²) < 4.78 is 73.5. The number of nitriles is 1. The highest BCUT2D eigenvalue weighted by atomic mass is 31.2. The van der Waals surface area contributed by atoms with Gasteiger partial charge >= 0.3 is 19.9 Å². The number of carboxylic acid groups (broad SMARTS) is 1. The van der Waals surface area contributed by atoms with Crippen LogP contribution >= 0.6 is 7.75 Å². The van der Waals surface area contributed by atoms with Crippen molar-refractivity contribution in [1.29, 1.82) is 5.26 Å². The van der Waals surface area contributed by atoms with Gasteiger partial charge in [-0.2, -0.15) is 28.2 Å². The van der Waals surface area contributed by atoms with Crippen molar-refractivity contribution in [3.8, 4) is 11.8 Å². The lowest BCUT2D eigenvalue weighted by Gasteiger charge is -2.46. The Morgan fingerprint density at radius 2 is 1.90 bits per heavy atom. The summed E-state index contributed by atoms with van der Waals surface area (Å²) in [5.41, 5.74) is 2.13. The first kappa shape index (κ1) is 35.5. The van der Waals surface area contributed by atoms with Crippen LogP contribution < -0.4 is 10.3 Å². The highest BCUT2D eigenvalue weighted by Gasteiger charge is 2.59. The number of likely N-dealkylation sites (tertiary alicyclic amines) is 1. The van der Waals surface area contributed by atoms with E-state index in [2.05, 4.69) is 10.1 Å². The number of carboxylic acids is 1. The number of ether oxygens (including phenoxy) is 1. The molecule has 0 radical (unpaired) electrons. The minimum absolute atomic E-state index is 0.00848. The van der Waals surface area contributed by atoms with Crippen LogP contribution in [-0.2, 0) is 18.6 Å². The molecule has 0 saturated carbocycles. The van der Waals surface area contributed by atoms with Crippen molar-refractivity contribution >= 4 is 25.1 Å². The van der Waals surface area contributed by atoms with Gasteiger partial charge < -0.3 is 30.3 Å². The Morgan fingerprint density at radius 1 is 1.23 bits per heavy atom. The van der Waals surface area contributed by atoms with Crippen molar-refractivity contribution in [2.24, 2.45) is 5.92 Å². The molecule has 1 unspecified atom stereocenters. The van der Waals surface area contributed by atoms with E-state index in [1.54, 1.807) is 30.3 Å². The number of alkyl halides is 3. The van der Waals surface area contributed by atoms with Gasteiger partial charge in [0.2, 0.25) is 5.60 Å². The molecule has 48 heavy (non-hydrogen) atoms. The van der Waals surface area contributed by atoms with Gasteiger partial charge in [0.25, 0.3) is 0 Å². The zero-order valence-electron chi connectivity index (χ0n) is 25.9. The first-order valence-corrected chi connectivity index (χ1v) is 16.3. The van der Waals surface area contributed by atoms with Crippen molar-refractivity contribution in [2.45, 2.75) is 55.4 Å². The molecule has 2 aliphatic rings. The van der Waals surface area contributed by atoms with Gasteiger partial charge in [-0.15, -0.1) is 0 Å². The number of hydrogen-bond donors (Lipinski definition) is 4. The second kappa shape index (κ2) is 13.2. The van der Waals surface area contributed by atoms with E-state index in [0.717, 1.165) is 11.0 Å². The summed E-state index contributed by atoms with van der Waals surface area (Å²) in [7, 11) is -3.63. The van der Waals surface area contributed by atoms with Crippen molar-refractivity contribution in [2.75, 3.05) is 39.0 Å². The van der Waals surface area contributed by atoms with Crippen LogP contribution in [0.5, 0.6) is 5.75 Å². The van der Waals surface area contributed by atoms with Crippen molar-refractivity contribution in [1.82, 2.24) is 24.2 Å². The van der Waals surface area contributed by atoms with Gasteiger partial charge in [0.15, 0.2) is 5.82 Å². The first-order valence-electron chi connectivity index (χ1n) is 14.8. The van der Waals surface area contributed by atoms with Gasteiger partial charge in [-0.1, -0.05) is 18.2 Å². The molecule has 2 saturated heterocycles. The van der Waals surface area contributed by atoms with E-state index in [4.69, 9.17) is 19.5 Å². The lowest BCUT2D eigenvalue weighted by molar-refractivity contribution is -0.158. The van der Waals surface area contributed by atoms with Crippen molar-refractivity contribution in [3.05, 3.63) is 54.5 Å². The minimum Gasteiger partial charge on any atom is -0.480 e. The largest absolute Gasteiger partial charge is 0.480 e. The van der Waals surface area contributed by atoms with Crippen LogP contribution in [0, 0.1) is 17.2 Å². The molecule has 2 fully saturated rings. The Bertz CT molecular complexity index is 1720. The summed E-state index contributed by atoms with van der Waals surface area (Å²) in [6.45, 7) is -0.966. The Morgan fingerprint density at radius 3 is 2.50 bits per heavy atom. The maximum atomic E-state index is 14.8. The number of benzene rings is 1. The van der Waals surface area contributed by atoms with E-state index >= 15 is 0 Å². The molecule has 0 bridgehead atoms. The number of para-hydroxylation sites is 1. The molecule has 0 amide bonds. The maximum absolute atomic E-state index is 14.8. The molecule has 5 N–H and O–H groups in total. The number of aromatic nitrogens is 3. The normalized spacial score (nSPS) is 26.6. The van der Waals surface area contributed by atoms with Gasteiger partial charge in [0, 0.05) is 0 Å². The smallest absolute Gasteiger partial charge is 0.462 e. The molecule has 15 nitrogen and oxygen atoms in total. The van der Waals surface area contributed by atoms with E-state index in [1.807, 2.05) is 0 Å². The third kappa shape index (κ3) is 6.59. The van der Waals surface area contributed by atoms with Crippen LogP contribution in [0.15, 0.2) is 48.8 Å². The molecule has 1 aromatic carbocycles. The number of piperidine rings is 1. The minimum atomic E-state index is -4.81. The van der Waals surface area contributed by atoms with Gasteiger partial charge in [-0.25, -0.2) is 14.1 Å². The van der Waals surface area contributed by atoms with E-state index < -0.39 is 68.4 Å². The summed E-state index contributed by atoms with van der Waals surface area (Å²) >= 11 is 0. The van der Waals surface area contributed by atoms with Crippen LogP contribution in [0.4, 0.5) is 19.0 Å². The number of aliphatic hydroxyl groups is 2. The number of hydrogen-bond acceptors (Lipinski definition) is 12. The fraction of sp³-hybridized carbons (Fsp3) is 0.517. The van der Waals surface area contributed by atoms with E-state index in [1.165, 1.54) is 41.6 Å². The Labute approximate surface area is 272 Å². The zero-order valence-corrected chi connectivity index (χ0v) is 26.8. The number of halogens is 3. The average molecular weight is 698 g/mol. The number of aliphatic carboxylic acids is 1. The number of nitrogen functional groups attached to an aromatic ring is 1. The lowest BCUT2D eigenvalue weighted by Crippen LogP contribution is -2.58. The highest BCUT2D eigenvalue weighted by Crippen LogP contribution is 2.57. The summed E-state index contributed by atoms with van der Waals surface area (Å²) in [5.74, 6) is -2.12. The van der Waals surface area contributed by atoms with Gasteiger partial charge in [0.05, 0.1) is 12.2 Å². The topological polar surface area (TPSA) is 209 Å². The molecule has 19 heteroatoms. The van der Waals surface area contributed by atoms with Crippen molar-refractivity contribution in [3.63, 3.8) is 0 Å². The third-order valence-electron chi connectivity index (χ3n) is 9.10. The number of fused-ring (bicyclic) bond motifs is 1. The molecular formula is C29H35F3N7O8P. The number of aliphatic hydroxyl groups excluding tert-OH is 2. The van der Waals surface area contributed by atoms with Crippen molar-refractivity contribution < 1.29 is 51.6 Å². The molecule has 2 aliphatic heterocycles. The number of nitrogens with two attached hydrogens (primary N) is 1. The lowest BCUT2D eigenvalue weighted by atomic mass is 9.79. The standard InChI is InChI=1S/C29H35F3N7O8P/c1-27(26(42)43,18-10-12-38(13-11-18)15-29(30,31)32)37(2)48(44,47-19-6-4-3-5-7-19)45-16-28(14-33)24(41)22(40)23(46-28)20-8-9-21-25(34)35-17-36-39(20)21/h3-9,17-18,22-24,40-41H,10-13,15-16H2,1-2H3,(H,42,43)(H2,34,35,36)/t22-,23-,24-,27+,28+,48?/m0/s1. The molecule has 260 valence electrons. The summed E-state index contributed by atoms with van der Waals surface area (Å²) in [4.78, 5) is 18.0. The Balaban J connectivity index is 1.44. The molecule has 0 spiro atoms. The monoisotopic (exact) mass is 697 g/mol. The van der Waals surface area contributed by atoms with Crippen LogP contribution in [-0.4, -0.2) is 108 Å². The van der Waals surface area contributed by atoms with Gasteiger partial charge in [-0.3, -0.25) is 14.2 Å². The number of anilines is 1. The second-order valence-corrected chi connectivity index (χ2v) is 13.9. The number of likely N-dealkylation sites (N-methyl/N-ethyl adjacent to an activating group) is 1. The average Bonchev–Trinajstić information content (AvgIpc) is 3.59. The molecular weight excluding hydrogens is 662 g/mol. The Kier molecular flexibility index (Phi) is 9.79. The molecule has 3 aromatic rings. The fourth-order valence-electron chi connectivity index (χ4n) is 6.18. The summed E-state index contributed by atoms with van der Waals surface area (Å²) in [6.07, 6.45) is -8.21. The third-order valence-corrected chi connectivity index (χ3v) is 11.2. The van der Waals surface area contributed by atoms with E-state index in [-0.39, 0.29) is 43.2 Å². The predicted octanol–water partition coefficient (Wildman–Crippen LogP) is 2.62. The Hall–Kier alpha value is -3.82. The van der Waals surface area contributed by atoms with Crippen LogP contribution in [0.1, 0.15) is 31.6 Å². The fourth-order valence-corrected chi connectivity index (χ4v) is 8.03. The summed E-state index contributed by atoms with van der Waals surface area (Å²) in [6, 6.07) is 12.5. The number of rotatable bonds is 11. The van der Waals surface area contributed by atoms with Gasteiger partial charge in [0.1, 0.15) is 54.1 Å². The maximum Gasteiger partial charge on any atom is 0.462 e. The predicted molar refractivity (Wildman–Crippen MR) is 161 cm³/mol. The molecule has 2 aromatic heterocycles. The molecule has 0 aliphatic carbocycles. The highest BCUT2D eigenvalue weighted by molar-refractivity contribution is 7.51. The second-order valence-electron chi connectivity index (χ2n) is 12.0. The van der Waals surface area contributed by atoms with Crippen LogP contribution in [0.25, 0.3) is 5.52 Å². The zero-order chi connectivity index (χ0) is 35.1. The molecule has 5 rings (SSSR count). The quantitative estimate of drug-likeness (QED) is 0.213. The van der Waals surface area contributed by atoms with Crippen LogP contribution in [0.2, 0.25) is 0 Å². The molecule has 4 heterocycles. The first-order chi connectivity index (χ1) is 22.5. The molecule has 6 atom stereocenters. The SMILES string of the molecule is CN([C@@](C)(C(=O)O)C1CCN(CC(F)(F)F)CC1)P(=O)(OC[C@@]1(C#N)O[C@@H](c2ccc3c(N)ncnn23)[C@H](O)[C@@H]1O)Oc1ccccc1.